The van der Waals surface area contributed by atoms with Gasteiger partial charge < -0.3 is 14.4 Å². The first-order valence-corrected chi connectivity index (χ1v) is 10.3. The molecule has 0 bridgehead atoms. The van der Waals surface area contributed by atoms with Crippen LogP contribution in [0.5, 0.6) is 11.5 Å². The minimum Gasteiger partial charge on any atom is -0.454 e. The van der Waals surface area contributed by atoms with E-state index in [1.807, 2.05) is 42.2 Å². The van der Waals surface area contributed by atoms with Crippen LogP contribution < -0.4 is 9.47 Å². The molecule has 0 radical (unpaired) electrons. The summed E-state index contributed by atoms with van der Waals surface area (Å²) in [7, 11) is 0. The van der Waals surface area contributed by atoms with E-state index in [1.54, 1.807) is 16.9 Å². The van der Waals surface area contributed by atoms with E-state index >= 15 is 0 Å². The summed E-state index contributed by atoms with van der Waals surface area (Å²) in [4.78, 5) is 19.8. The zero-order valence-corrected chi connectivity index (χ0v) is 17.0. The van der Waals surface area contributed by atoms with E-state index in [4.69, 9.17) is 9.47 Å². The number of carbonyl (C=O) groups is 1. The van der Waals surface area contributed by atoms with E-state index in [0.29, 0.717) is 30.0 Å². The van der Waals surface area contributed by atoms with Gasteiger partial charge in [0.1, 0.15) is 0 Å². The van der Waals surface area contributed by atoms with E-state index in [9.17, 15) is 4.79 Å². The zero-order valence-electron chi connectivity index (χ0n) is 17.0. The standard InChI is InChI=1S/C24H20N4O3/c1-15-19(24(29)27-9-8-16-4-2-3-5-18(16)13-27)11-25-23-20(12-26-28(15)23)17-6-7-21-22(10-17)31-14-30-21/h2-7,10-12H,8-9,13-14H2,1H3. The SMILES string of the molecule is Cc1c(C(=O)N2CCc3ccccc3C2)cnc2c(-c3ccc4c(c3)OCO4)cnn12. The molecule has 7 nitrogen and oxygen atoms in total. The van der Waals surface area contributed by atoms with Crippen molar-refractivity contribution in [2.75, 3.05) is 13.3 Å². The van der Waals surface area contributed by atoms with Gasteiger partial charge in [-0.2, -0.15) is 5.10 Å². The lowest BCUT2D eigenvalue weighted by Crippen LogP contribution is -2.36. The summed E-state index contributed by atoms with van der Waals surface area (Å²) in [6.07, 6.45) is 4.32. The monoisotopic (exact) mass is 412 g/mol. The average molecular weight is 412 g/mol. The maximum Gasteiger partial charge on any atom is 0.257 e. The number of amides is 1. The second-order valence-corrected chi connectivity index (χ2v) is 7.86. The van der Waals surface area contributed by atoms with Crippen molar-refractivity contribution >= 4 is 11.6 Å². The summed E-state index contributed by atoms with van der Waals surface area (Å²) in [5.41, 5.74) is 6.41. The molecule has 0 unspecified atom stereocenters. The molecule has 0 spiro atoms. The molecular weight excluding hydrogens is 392 g/mol. The first kappa shape index (κ1) is 17.9. The molecule has 154 valence electrons. The zero-order chi connectivity index (χ0) is 20.9. The molecule has 2 aliphatic heterocycles. The van der Waals surface area contributed by atoms with Crippen LogP contribution in [0, 0.1) is 6.92 Å². The topological polar surface area (TPSA) is 69.0 Å². The van der Waals surface area contributed by atoms with Gasteiger partial charge >= 0.3 is 0 Å². The van der Waals surface area contributed by atoms with Gasteiger partial charge in [0.25, 0.3) is 5.91 Å². The molecule has 7 heteroatoms. The van der Waals surface area contributed by atoms with Gasteiger partial charge in [-0.1, -0.05) is 30.3 Å². The second kappa shape index (κ2) is 6.84. The fourth-order valence-corrected chi connectivity index (χ4v) is 4.36. The van der Waals surface area contributed by atoms with Crippen LogP contribution in [0.15, 0.2) is 54.9 Å². The molecule has 0 aliphatic carbocycles. The Kier molecular flexibility index (Phi) is 3.96. The number of aromatic nitrogens is 3. The van der Waals surface area contributed by atoms with Gasteiger partial charge in [-0.05, 0) is 42.2 Å². The third-order valence-corrected chi connectivity index (χ3v) is 6.10. The third kappa shape index (κ3) is 2.84. The number of rotatable bonds is 2. The van der Waals surface area contributed by atoms with E-state index in [0.717, 1.165) is 29.0 Å². The van der Waals surface area contributed by atoms with Crippen molar-refractivity contribution in [3.63, 3.8) is 0 Å². The van der Waals surface area contributed by atoms with Gasteiger partial charge in [-0.15, -0.1) is 0 Å². The Labute approximate surface area is 178 Å². The minimum atomic E-state index is -0.0125. The summed E-state index contributed by atoms with van der Waals surface area (Å²) in [5.74, 6) is 1.44. The van der Waals surface area contributed by atoms with Gasteiger partial charge in [0.15, 0.2) is 17.1 Å². The molecule has 2 aromatic heterocycles. The van der Waals surface area contributed by atoms with Crippen LogP contribution >= 0.6 is 0 Å². The molecule has 2 aliphatic rings. The quantitative estimate of drug-likeness (QED) is 0.503. The maximum absolute atomic E-state index is 13.3. The molecule has 4 aromatic rings. The molecule has 0 saturated heterocycles. The third-order valence-electron chi connectivity index (χ3n) is 6.10. The van der Waals surface area contributed by atoms with Crippen molar-refractivity contribution in [1.29, 1.82) is 0 Å². The Morgan fingerprint density at radius 1 is 1.03 bits per heavy atom. The molecule has 31 heavy (non-hydrogen) atoms. The van der Waals surface area contributed by atoms with Crippen LogP contribution in [0.25, 0.3) is 16.8 Å². The summed E-state index contributed by atoms with van der Waals surface area (Å²) >= 11 is 0. The van der Waals surface area contributed by atoms with Crippen LogP contribution in [0.3, 0.4) is 0 Å². The lowest BCUT2D eigenvalue weighted by atomic mass is 9.99. The molecular formula is C24H20N4O3. The molecule has 4 heterocycles. The predicted octanol–water partition coefficient (Wildman–Crippen LogP) is 3.63. The Hall–Kier alpha value is -3.87. The van der Waals surface area contributed by atoms with E-state index in [-0.39, 0.29) is 12.7 Å². The molecule has 6 rings (SSSR count). The van der Waals surface area contributed by atoms with Crippen LogP contribution in [-0.4, -0.2) is 38.7 Å². The fraction of sp³-hybridized carbons (Fsp3) is 0.208. The highest BCUT2D eigenvalue weighted by Gasteiger charge is 2.25. The summed E-state index contributed by atoms with van der Waals surface area (Å²) in [6.45, 7) is 3.47. The number of carbonyl (C=O) groups excluding carboxylic acids is 1. The number of aryl methyl sites for hydroxylation is 1. The number of nitrogens with zero attached hydrogens (tertiary/aromatic N) is 4. The van der Waals surface area contributed by atoms with Gasteiger partial charge in [-0.25, -0.2) is 9.50 Å². The lowest BCUT2D eigenvalue weighted by molar-refractivity contribution is 0.0732. The van der Waals surface area contributed by atoms with Gasteiger partial charge in [-0.3, -0.25) is 4.79 Å². The van der Waals surface area contributed by atoms with Crippen molar-refractivity contribution in [2.24, 2.45) is 0 Å². The van der Waals surface area contributed by atoms with Crippen molar-refractivity contribution < 1.29 is 14.3 Å². The largest absolute Gasteiger partial charge is 0.454 e. The Balaban J connectivity index is 1.35. The van der Waals surface area contributed by atoms with E-state index in [1.165, 1.54) is 11.1 Å². The molecule has 1 amide bonds. The Morgan fingerprint density at radius 3 is 2.77 bits per heavy atom. The van der Waals surface area contributed by atoms with Crippen molar-refractivity contribution in [2.45, 2.75) is 19.9 Å². The smallest absolute Gasteiger partial charge is 0.257 e. The molecule has 0 atom stereocenters. The number of fused-ring (bicyclic) bond motifs is 3. The van der Waals surface area contributed by atoms with Crippen LogP contribution in [0.4, 0.5) is 0 Å². The van der Waals surface area contributed by atoms with Crippen molar-refractivity contribution in [3.8, 4) is 22.6 Å². The number of hydrogen-bond acceptors (Lipinski definition) is 5. The van der Waals surface area contributed by atoms with Gasteiger partial charge in [0.05, 0.1) is 17.5 Å². The maximum atomic E-state index is 13.3. The lowest BCUT2D eigenvalue weighted by Gasteiger charge is -2.29. The molecule has 0 saturated carbocycles. The van der Waals surface area contributed by atoms with Crippen LogP contribution in [0.1, 0.15) is 27.2 Å². The van der Waals surface area contributed by atoms with Crippen LogP contribution in [0.2, 0.25) is 0 Å². The second-order valence-electron chi connectivity index (χ2n) is 7.86. The molecule has 2 aromatic carbocycles. The minimum absolute atomic E-state index is 0.0125. The van der Waals surface area contributed by atoms with E-state index < -0.39 is 0 Å². The molecule has 0 N–H and O–H groups in total. The van der Waals surface area contributed by atoms with Gasteiger partial charge in [0, 0.05) is 24.8 Å². The van der Waals surface area contributed by atoms with Crippen molar-refractivity contribution in [1.82, 2.24) is 19.5 Å². The molecule has 0 fully saturated rings. The first-order chi connectivity index (χ1) is 15.2. The van der Waals surface area contributed by atoms with E-state index in [2.05, 4.69) is 22.2 Å². The summed E-state index contributed by atoms with van der Waals surface area (Å²) < 4.78 is 12.6. The summed E-state index contributed by atoms with van der Waals surface area (Å²) in [5, 5.41) is 4.52. The fourth-order valence-electron chi connectivity index (χ4n) is 4.36. The highest BCUT2D eigenvalue weighted by molar-refractivity contribution is 5.95. The Bertz CT molecular complexity index is 1340. The Morgan fingerprint density at radius 2 is 1.87 bits per heavy atom. The number of hydrogen-bond donors (Lipinski definition) is 0. The highest BCUT2D eigenvalue weighted by Crippen LogP contribution is 2.37. The number of ether oxygens (including phenoxy) is 2. The number of benzene rings is 2. The normalized spacial score (nSPS) is 14.7. The van der Waals surface area contributed by atoms with Gasteiger partial charge in [0.2, 0.25) is 6.79 Å². The van der Waals surface area contributed by atoms with Crippen LogP contribution in [-0.2, 0) is 13.0 Å². The van der Waals surface area contributed by atoms with Crippen molar-refractivity contribution in [3.05, 3.63) is 77.2 Å². The average Bonchev–Trinajstić information content (AvgIpc) is 3.45. The predicted molar refractivity (Wildman–Crippen MR) is 114 cm³/mol. The first-order valence-electron chi connectivity index (χ1n) is 10.3. The highest BCUT2D eigenvalue weighted by atomic mass is 16.7. The summed E-state index contributed by atoms with van der Waals surface area (Å²) in [6, 6.07) is 14.1.